The number of hydrogen-bond acceptors (Lipinski definition) is 0. The van der Waals surface area contributed by atoms with Gasteiger partial charge in [0.1, 0.15) is 0 Å². The van der Waals surface area contributed by atoms with Crippen molar-refractivity contribution in [2.24, 2.45) is 0 Å². The van der Waals surface area contributed by atoms with E-state index in [-0.39, 0.29) is 0 Å². The number of quaternary nitrogens is 1. The van der Waals surface area contributed by atoms with Crippen molar-refractivity contribution < 1.29 is 4.48 Å². The van der Waals surface area contributed by atoms with Crippen LogP contribution in [0.1, 0.15) is 25.7 Å². The highest BCUT2D eigenvalue weighted by Gasteiger charge is 2.11. The van der Waals surface area contributed by atoms with E-state index in [0.29, 0.717) is 0 Å². The number of hydrogen-bond donors (Lipinski definition) is 0. The largest absolute Gasteiger partial charge is 0.331 e. The Hall–Kier alpha value is 0.177. The van der Waals surface area contributed by atoms with Gasteiger partial charge < -0.3 is 4.48 Å². The fourth-order valence-electron chi connectivity index (χ4n) is 1.60. The summed E-state index contributed by atoms with van der Waals surface area (Å²) in [5.41, 5.74) is 0. The molecule has 0 saturated carbocycles. The summed E-state index contributed by atoms with van der Waals surface area (Å²) in [6.45, 7) is 8.74. The van der Waals surface area contributed by atoms with E-state index < -0.39 is 8.07 Å². The number of nitrogens with zero attached hydrogens (tertiary/aromatic N) is 1. The standard InChI is InChI=1S/C12H30NSi/c1-13(2,3)11-9-7-8-10-12-14(4,5)6/h7-12H2,1-6H3/q+1. The zero-order chi connectivity index (χ0) is 11.2. The molecule has 0 atom stereocenters. The second-order valence-electron chi connectivity index (χ2n) is 6.74. The molecular weight excluding hydrogens is 186 g/mol. The molecule has 0 unspecified atom stereocenters. The summed E-state index contributed by atoms with van der Waals surface area (Å²) < 4.78 is 1.12. The topological polar surface area (TPSA) is 0 Å². The molecule has 0 aliphatic heterocycles. The summed E-state index contributed by atoms with van der Waals surface area (Å²) in [7, 11) is 6.08. The highest BCUT2D eigenvalue weighted by atomic mass is 28.3. The van der Waals surface area contributed by atoms with E-state index in [1.54, 1.807) is 0 Å². The first kappa shape index (κ1) is 14.2. The predicted molar refractivity (Wildman–Crippen MR) is 69.5 cm³/mol. The van der Waals surface area contributed by atoms with E-state index >= 15 is 0 Å². The molecule has 0 saturated heterocycles. The molecule has 0 fully saturated rings. The molecule has 0 spiro atoms. The van der Waals surface area contributed by atoms with Crippen molar-refractivity contribution in [1.29, 1.82) is 0 Å². The van der Waals surface area contributed by atoms with Gasteiger partial charge in [0.2, 0.25) is 0 Å². The van der Waals surface area contributed by atoms with Crippen LogP contribution < -0.4 is 0 Å². The van der Waals surface area contributed by atoms with Gasteiger partial charge >= 0.3 is 0 Å². The lowest BCUT2D eigenvalue weighted by Gasteiger charge is -2.23. The van der Waals surface area contributed by atoms with Crippen molar-refractivity contribution in [3.63, 3.8) is 0 Å². The third-order valence-electron chi connectivity index (χ3n) is 2.51. The van der Waals surface area contributed by atoms with E-state index in [4.69, 9.17) is 0 Å². The molecule has 0 aromatic heterocycles. The summed E-state index contributed by atoms with van der Waals surface area (Å²) in [5.74, 6) is 0. The van der Waals surface area contributed by atoms with Gasteiger partial charge in [-0.1, -0.05) is 38.5 Å². The zero-order valence-electron chi connectivity index (χ0n) is 11.2. The van der Waals surface area contributed by atoms with Crippen molar-refractivity contribution in [2.45, 2.75) is 51.4 Å². The van der Waals surface area contributed by atoms with Crippen molar-refractivity contribution >= 4 is 8.07 Å². The van der Waals surface area contributed by atoms with Crippen molar-refractivity contribution in [2.75, 3.05) is 27.7 Å². The first-order chi connectivity index (χ1) is 6.21. The van der Waals surface area contributed by atoms with Crippen LogP contribution in [0.25, 0.3) is 0 Å². The summed E-state index contributed by atoms with van der Waals surface area (Å²) in [4.78, 5) is 0. The molecule has 0 radical (unpaired) electrons. The van der Waals surface area contributed by atoms with Crippen LogP contribution in [0.3, 0.4) is 0 Å². The van der Waals surface area contributed by atoms with Crippen molar-refractivity contribution in [1.82, 2.24) is 0 Å². The first-order valence-corrected chi connectivity index (χ1v) is 9.72. The number of unbranched alkanes of at least 4 members (excludes halogenated alkanes) is 3. The maximum atomic E-state index is 2.47. The molecular formula is C12H30NSi+. The van der Waals surface area contributed by atoms with Crippen LogP contribution in [0.4, 0.5) is 0 Å². The molecule has 0 amide bonds. The third kappa shape index (κ3) is 12.2. The van der Waals surface area contributed by atoms with Gasteiger partial charge in [0.25, 0.3) is 0 Å². The lowest BCUT2D eigenvalue weighted by atomic mass is 10.2. The predicted octanol–water partition coefficient (Wildman–Crippen LogP) is 3.59. The molecule has 0 N–H and O–H groups in total. The first-order valence-electron chi connectivity index (χ1n) is 6.01. The Balaban J connectivity index is 3.23. The van der Waals surface area contributed by atoms with Crippen LogP contribution in [-0.2, 0) is 0 Å². The highest BCUT2D eigenvalue weighted by molar-refractivity contribution is 6.76. The zero-order valence-corrected chi connectivity index (χ0v) is 12.2. The van der Waals surface area contributed by atoms with Crippen LogP contribution in [0.5, 0.6) is 0 Å². The fraction of sp³-hybridized carbons (Fsp3) is 1.00. The van der Waals surface area contributed by atoms with Gasteiger partial charge in [-0.2, -0.15) is 0 Å². The van der Waals surface area contributed by atoms with Gasteiger partial charge in [0.05, 0.1) is 27.7 Å². The minimum atomic E-state index is -0.758. The minimum Gasteiger partial charge on any atom is -0.331 e. The molecule has 0 bridgehead atoms. The smallest absolute Gasteiger partial charge is 0.0780 e. The summed E-state index contributed by atoms with van der Waals surface area (Å²) in [5, 5.41) is 0. The highest BCUT2D eigenvalue weighted by Crippen LogP contribution is 2.14. The van der Waals surface area contributed by atoms with Gasteiger partial charge in [0, 0.05) is 8.07 Å². The SMILES string of the molecule is C[N+](C)(C)CCCCCC[Si](C)(C)C. The molecule has 86 valence electrons. The Morgan fingerprint density at radius 3 is 1.71 bits per heavy atom. The number of rotatable bonds is 7. The van der Waals surface area contributed by atoms with Crippen LogP contribution >= 0.6 is 0 Å². The summed E-state index contributed by atoms with van der Waals surface area (Å²) >= 11 is 0. The van der Waals surface area contributed by atoms with Crippen molar-refractivity contribution in [3.05, 3.63) is 0 Å². The molecule has 2 heteroatoms. The van der Waals surface area contributed by atoms with E-state index in [0.717, 1.165) is 4.48 Å². The molecule has 0 aliphatic rings. The third-order valence-corrected chi connectivity index (χ3v) is 4.36. The lowest BCUT2D eigenvalue weighted by molar-refractivity contribution is -0.870. The van der Waals surface area contributed by atoms with Gasteiger partial charge in [-0.3, -0.25) is 0 Å². The molecule has 14 heavy (non-hydrogen) atoms. The molecule has 0 heterocycles. The normalized spacial score (nSPS) is 13.3. The Labute approximate surface area is 92.1 Å². The fourth-order valence-corrected chi connectivity index (χ4v) is 2.91. The molecule has 0 aromatic carbocycles. The summed E-state index contributed by atoms with van der Waals surface area (Å²) in [6, 6.07) is 1.51. The molecule has 0 rings (SSSR count). The molecule has 1 nitrogen and oxygen atoms in total. The maximum absolute atomic E-state index is 2.47. The average Bonchev–Trinajstić information content (AvgIpc) is 1.92. The van der Waals surface area contributed by atoms with E-state index in [9.17, 15) is 0 Å². The van der Waals surface area contributed by atoms with Gasteiger partial charge in [-0.25, -0.2) is 0 Å². The van der Waals surface area contributed by atoms with Crippen molar-refractivity contribution in [3.8, 4) is 0 Å². The quantitative estimate of drug-likeness (QED) is 0.347. The second-order valence-corrected chi connectivity index (χ2v) is 12.4. The van der Waals surface area contributed by atoms with E-state index in [2.05, 4.69) is 40.8 Å². The Kier molecular flexibility index (Phi) is 5.99. The Morgan fingerprint density at radius 2 is 1.29 bits per heavy atom. The molecule has 0 aliphatic carbocycles. The maximum Gasteiger partial charge on any atom is 0.0780 e. The lowest BCUT2D eigenvalue weighted by Crippen LogP contribution is -2.35. The summed E-state index contributed by atoms with van der Waals surface area (Å²) in [6.07, 6.45) is 5.74. The average molecular weight is 216 g/mol. The second kappa shape index (κ2) is 5.91. The van der Waals surface area contributed by atoms with Crippen LogP contribution in [0.15, 0.2) is 0 Å². The van der Waals surface area contributed by atoms with E-state index in [1.807, 2.05) is 0 Å². The Morgan fingerprint density at radius 1 is 0.786 bits per heavy atom. The van der Waals surface area contributed by atoms with Gasteiger partial charge in [-0.15, -0.1) is 0 Å². The van der Waals surface area contributed by atoms with Gasteiger partial charge in [0.15, 0.2) is 0 Å². The van der Waals surface area contributed by atoms with Crippen LogP contribution in [0.2, 0.25) is 25.7 Å². The molecule has 0 aromatic rings. The van der Waals surface area contributed by atoms with Gasteiger partial charge in [-0.05, 0) is 12.8 Å². The van der Waals surface area contributed by atoms with Crippen LogP contribution in [0, 0.1) is 0 Å². The monoisotopic (exact) mass is 216 g/mol. The van der Waals surface area contributed by atoms with Crippen LogP contribution in [-0.4, -0.2) is 40.2 Å². The minimum absolute atomic E-state index is 0.758. The Bertz CT molecular complexity index is 123. The van der Waals surface area contributed by atoms with E-state index in [1.165, 1.54) is 38.3 Å².